The number of benzene rings is 1. The Balaban J connectivity index is 0.00000400. The van der Waals surface area contributed by atoms with Crippen LogP contribution in [-0.2, 0) is 11.2 Å². The minimum absolute atomic E-state index is 0. The van der Waals surface area contributed by atoms with Crippen molar-refractivity contribution < 1.29 is 4.79 Å². The van der Waals surface area contributed by atoms with Gasteiger partial charge in [-0.05, 0) is 36.0 Å². The summed E-state index contributed by atoms with van der Waals surface area (Å²) in [6.07, 6.45) is 1.60. The fourth-order valence-corrected chi connectivity index (χ4v) is 2.22. The minimum Gasteiger partial charge on any atom is -0.355 e. The highest BCUT2D eigenvalue weighted by molar-refractivity contribution is 6.35. The summed E-state index contributed by atoms with van der Waals surface area (Å²) in [6, 6.07) is 4.96. The van der Waals surface area contributed by atoms with E-state index in [1.54, 1.807) is 6.07 Å². The SMILES string of the molecule is CC(C)(C)[C@H](N)C(=O)NCCCc1ccc(Cl)cc1Cl.Cl. The number of amides is 1. The average molecular weight is 354 g/mol. The molecule has 0 bridgehead atoms. The third-order valence-electron chi connectivity index (χ3n) is 3.15. The van der Waals surface area contributed by atoms with Gasteiger partial charge in [0.1, 0.15) is 0 Å². The molecule has 1 atom stereocenters. The van der Waals surface area contributed by atoms with E-state index < -0.39 is 6.04 Å². The second-order valence-electron chi connectivity index (χ2n) is 5.97. The van der Waals surface area contributed by atoms with Gasteiger partial charge in [-0.1, -0.05) is 50.0 Å². The normalized spacial score (nSPS) is 12.5. The lowest BCUT2D eigenvalue weighted by molar-refractivity contribution is -0.124. The lowest BCUT2D eigenvalue weighted by Gasteiger charge is -2.25. The molecule has 0 aliphatic heterocycles. The molecule has 1 rings (SSSR count). The second kappa shape index (κ2) is 8.84. The molecule has 0 aliphatic rings. The van der Waals surface area contributed by atoms with Gasteiger partial charge in [0.25, 0.3) is 0 Å². The third kappa shape index (κ3) is 6.88. The Hall–Kier alpha value is -0.480. The Morgan fingerprint density at radius 2 is 1.95 bits per heavy atom. The van der Waals surface area contributed by atoms with Crippen LogP contribution in [0.25, 0.3) is 0 Å². The van der Waals surface area contributed by atoms with Gasteiger partial charge >= 0.3 is 0 Å². The van der Waals surface area contributed by atoms with Gasteiger partial charge in [0, 0.05) is 16.6 Å². The Bertz CT molecular complexity index is 472. The van der Waals surface area contributed by atoms with Crippen LogP contribution >= 0.6 is 35.6 Å². The highest BCUT2D eigenvalue weighted by Crippen LogP contribution is 2.22. The number of halogens is 3. The minimum atomic E-state index is -0.499. The lowest BCUT2D eigenvalue weighted by Crippen LogP contribution is -2.48. The molecule has 3 N–H and O–H groups in total. The zero-order valence-corrected chi connectivity index (χ0v) is 14.9. The van der Waals surface area contributed by atoms with Gasteiger partial charge in [0.05, 0.1) is 6.04 Å². The highest BCUT2D eigenvalue weighted by atomic mass is 35.5. The number of nitrogens with two attached hydrogens (primary N) is 1. The first-order chi connectivity index (χ1) is 9.21. The van der Waals surface area contributed by atoms with Crippen molar-refractivity contribution >= 4 is 41.5 Å². The van der Waals surface area contributed by atoms with E-state index in [4.69, 9.17) is 28.9 Å². The molecule has 0 aliphatic carbocycles. The van der Waals surface area contributed by atoms with Crippen LogP contribution in [0.15, 0.2) is 18.2 Å². The Kier molecular flexibility index (Phi) is 8.64. The Labute approximate surface area is 143 Å². The van der Waals surface area contributed by atoms with Crippen LogP contribution in [-0.4, -0.2) is 18.5 Å². The Morgan fingerprint density at radius 1 is 1.33 bits per heavy atom. The van der Waals surface area contributed by atoms with Gasteiger partial charge in [-0.3, -0.25) is 4.79 Å². The molecule has 1 aromatic carbocycles. The van der Waals surface area contributed by atoms with Crippen molar-refractivity contribution in [2.24, 2.45) is 11.1 Å². The monoisotopic (exact) mass is 352 g/mol. The number of carbonyl (C=O) groups is 1. The van der Waals surface area contributed by atoms with Crippen molar-refractivity contribution in [3.63, 3.8) is 0 Å². The van der Waals surface area contributed by atoms with Crippen LogP contribution in [0.1, 0.15) is 32.8 Å². The molecule has 1 amide bonds. The summed E-state index contributed by atoms with van der Waals surface area (Å²) in [5, 5.41) is 4.15. The van der Waals surface area contributed by atoms with Gasteiger partial charge < -0.3 is 11.1 Å². The first-order valence-electron chi connectivity index (χ1n) is 6.69. The molecule has 1 aromatic rings. The highest BCUT2D eigenvalue weighted by Gasteiger charge is 2.26. The lowest BCUT2D eigenvalue weighted by atomic mass is 9.87. The van der Waals surface area contributed by atoms with Crippen LogP contribution in [0.3, 0.4) is 0 Å². The van der Waals surface area contributed by atoms with Crippen molar-refractivity contribution in [3.8, 4) is 0 Å². The molecular formula is C15H23Cl3N2O. The molecule has 0 saturated heterocycles. The van der Waals surface area contributed by atoms with Crippen molar-refractivity contribution in [3.05, 3.63) is 33.8 Å². The van der Waals surface area contributed by atoms with Crippen molar-refractivity contribution in [2.75, 3.05) is 6.54 Å². The van der Waals surface area contributed by atoms with E-state index in [-0.39, 0.29) is 23.7 Å². The Morgan fingerprint density at radius 3 is 2.48 bits per heavy atom. The molecule has 0 spiro atoms. The van der Waals surface area contributed by atoms with Crippen molar-refractivity contribution in [1.82, 2.24) is 5.32 Å². The smallest absolute Gasteiger partial charge is 0.237 e. The van der Waals surface area contributed by atoms with Gasteiger partial charge in [-0.15, -0.1) is 12.4 Å². The molecule has 0 radical (unpaired) electrons. The van der Waals surface area contributed by atoms with Gasteiger partial charge in [0.15, 0.2) is 0 Å². The average Bonchev–Trinajstić information content (AvgIpc) is 2.34. The van der Waals surface area contributed by atoms with Crippen molar-refractivity contribution in [1.29, 1.82) is 0 Å². The van der Waals surface area contributed by atoms with E-state index in [1.807, 2.05) is 32.9 Å². The van der Waals surface area contributed by atoms with Crippen LogP contribution in [0.2, 0.25) is 10.0 Å². The van der Waals surface area contributed by atoms with E-state index in [0.29, 0.717) is 16.6 Å². The molecule has 0 saturated carbocycles. The number of hydrogen-bond donors (Lipinski definition) is 2. The summed E-state index contributed by atoms with van der Waals surface area (Å²) >= 11 is 11.9. The van der Waals surface area contributed by atoms with Gasteiger partial charge in [-0.25, -0.2) is 0 Å². The molecule has 21 heavy (non-hydrogen) atoms. The van der Waals surface area contributed by atoms with Crippen LogP contribution in [0, 0.1) is 5.41 Å². The molecular weight excluding hydrogens is 331 g/mol. The summed E-state index contributed by atoms with van der Waals surface area (Å²) in [5.41, 5.74) is 6.68. The summed E-state index contributed by atoms with van der Waals surface area (Å²) in [7, 11) is 0. The fraction of sp³-hybridized carbons (Fsp3) is 0.533. The summed E-state index contributed by atoms with van der Waals surface area (Å²) in [6.45, 7) is 6.43. The molecule has 0 heterocycles. The number of nitrogens with one attached hydrogen (secondary N) is 1. The topological polar surface area (TPSA) is 55.1 Å². The molecule has 0 aromatic heterocycles. The maximum atomic E-state index is 11.8. The molecule has 6 heteroatoms. The van der Waals surface area contributed by atoms with E-state index in [2.05, 4.69) is 5.32 Å². The van der Waals surface area contributed by atoms with E-state index in [0.717, 1.165) is 18.4 Å². The number of carbonyl (C=O) groups excluding carboxylic acids is 1. The van der Waals surface area contributed by atoms with E-state index in [1.165, 1.54) is 0 Å². The second-order valence-corrected chi connectivity index (χ2v) is 6.82. The summed E-state index contributed by atoms with van der Waals surface area (Å²) in [5.74, 6) is -0.111. The fourth-order valence-electron chi connectivity index (χ4n) is 1.72. The standard InChI is InChI=1S/C15H22Cl2N2O.ClH/c1-15(2,3)13(18)14(20)19-8-4-5-10-6-7-11(16)9-12(10)17;/h6-7,9,13H,4-5,8,18H2,1-3H3,(H,19,20);1H/t13-;/m1./s1. The van der Waals surface area contributed by atoms with E-state index >= 15 is 0 Å². The number of aryl methyl sites for hydroxylation is 1. The van der Waals surface area contributed by atoms with Crippen molar-refractivity contribution in [2.45, 2.75) is 39.7 Å². The maximum Gasteiger partial charge on any atom is 0.237 e. The quantitative estimate of drug-likeness (QED) is 0.790. The third-order valence-corrected chi connectivity index (χ3v) is 3.74. The van der Waals surface area contributed by atoms with Gasteiger partial charge in [-0.2, -0.15) is 0 Å². The summed E-state index contributed by atoms with van der Waals surface area (Å²) < 4.78 is 0. The predicted molar refractivity (Wildman–Crippen MR) is 92.5 cm³/mol. The van der Waals surface area contributed by atoms with Crippen LogP contribution in [0.5, 0.6) is 0 Å². The zero-order chi connectivity index (χ0) is 15.3. The molecule has 0 fully saturated rings. The van der Waals surface area contributed by atoms with E-state index in [9.17, 15) is 4.79 Å². The molecule has 0 unspecified atom stereocenters. The number of hydrogen-bond acceptors (Lipinski definition) is 2. The van der Waals surface area contributed by atoms with Crippen LogP contribution in [0.4, 0.5) is 0 Å². The summed E-state index contributed by atoms with van der Waals surface area (Å²) in [4.78, 5) is 11.8. The predicted octanol–water partition coefficient (Wildman–Crippen LogP) is 3.84. The molecule has 120 valence electrons. The zero-order valence-electron chi connectivity index (χ0n) is 12.6. The first kappa shape index (κ1) is 20.5. The van der Waals surface area contributed by atoms with Crippen LogP contribution < -0.4 is 11.1 Å². The number of rotatable bonds is 5. The molecule has 3 nitrogen and oxygen atoms in total. The largest absolute Gasteiger partial charge is 0.355 e. The van der Waals surface area contributed by atoms with Gasteiger partial charge in [0.2, 0.25) is 5.91 Å². The first-order valence-corrected chi connectivity index (χ1v) is 7.44. The maximum absolute atomic E-state index is 11.8.